The lowest BCUT2D eigenvalue weighted by molar-refractivity contribution is 0.577. The van der Waals surface area contributed by atoms with Crippen LogP contribution in [-0.2, 0) is 0 Å². The van der Waals surface area contributed by atoms with Gasteiger partial charge in [0.15, 0.2) is 0 Å². The minimum absolute atomic E-state index is 0.374. The van der Waals surface area contributed by atoms with Gasteiger partial charge in [-0.05, 0) is 0 Å². The lowest BCUT2D eigenvalue weighted by Gasteiger charge is -2.10. The first kappa shape index (κ1) is 6.92. The molecule has 1 aromatic rings. The smallest absolute Gasteiger partial charge is 0.240 e. The van der Waals surface area contributed by atoms with Crippen molar-refractivity contribution < 1.29 is 4.39 Å². The Balaban J connectivity index is 3.03. The summed E-state index contributed by atoms with van der Waals surface area (Å²) in [6.45, 7) is 0. The summed E-state index contributed by atoms with van der Waals surface area (Å²) in [6, 6.07) is 0. The van der Waals surface area contributed by atoms with E-state index in [0.29, 0.717) is 5.69 Å². The number of rotatable bonds is 1. The van der Waals surface area contributed by atoms with Crippen molar-refractivity contribution in [3.63, 3.8) is 0 Å². The lowest BCUT2D eigenvalue weighted by Crippen LogP contribution is -2.11. The molecule has 1 aromatic heterocycles. The van der Waals surface area contributed by atoms with Crippen molar-refractivity contribution >= 4 is 5.69 Å². The SMILES string of the molecule is CN(C)c1cn[c]nc1F. The maximum absolute atomic E-state index is 12.6. The zero-order chi connectivity index (χ0) is 7.56. The van der Waals surface area contributed by atoms with Crippen molar-refractivity contribution in [1.82, 2.24) is 9.97 Å². The van der Waals surface area contributed by atoms with Gasteiger partial charge >= 0.3 is 0 Å². The van der Waals surface area contributed by atoms with Crippen LogP contribution in [0.4, 0.5) is 10.1 Å². The third-order valence-corrected chi connectivity index (χ3v) is 1.09. The van der Waals surface area contributed by atoms with Crippen molar-refractivity contribution in [1.29, 1.82) is 0 Å². The van der Waals surface area contributed by atoms with Crippen LogP contribution < -0.4 is 4.90 Å². The van der Waals surface area contributed by atoms with Crippen LogP contribution in [0.5, 0.6) is 0 Å². The predicted molar refractivity (Wildman–Crippen MR) is 35.2 cm³/mol. The van der Waals surface area contributed by atoms with E-state index < -0.39 is 5.95 Å². The average Bonchev–Trinajstić information content (AvgIpc) is 1.88. The van der Waals surface area contributed by atoms with Crippen molar-refractivity contribution in [3.8, 4) is 0 Å². The van der Waals surface area contributed by atoms with Gasteiger partial charge in [0.05, 0.1) is 6.20 Å². The molecule has 3 nitrogen and oxygen atoms in total. The molecule has 0 spiro atoms. The Morgan fingerprint density at radius 2 is 2.30 bits per heavy atom. The fourth-order valence-electron chi connectivity index (χ4n) is 0.573. The molecule has 0 saturated carbocycles. The standard InChI is InChI=1S/C6H7FN3/c1-10(2)5-3-8-4-9-6(5)7/h3H,1-2H3. The van der Waals surface area contributed by atoms with Gasteiger partial charge < -0.3 is 4.90 Å². The van der Waals surface area contributed by atoms with Crippen LogP contribution in [0.3, 0.4) is 0 Å². The van der Waals surface area contributed by atoms with Crippen molar-refractivity contribution in [2.45, 2.75) is 0 Å². The number of nitrogens with zero attached hydrogens (tertiary/aromatic N) is 3. The van der Waals surface area contributed by atoms with Crippen molar-refractivity contribution in [3.05, 3.63) is 18.5 Å². The van der Waals surface area contributed by atoms with Gasteiger partial charge in [0, 0.05) is 14.1 Å². The summed E-state index contributed by atoms with van der Waals surface area (Å²) >= 11 is 0. The minimum Gasteiger partial charge on any atom is -0.373 e. The van der Waals surface area contributed by atoms with Gasteiger partial charge in [0.1, 0.15) is 5.69 Å². The van der Waals surface area contributed by atoms with E-state index in [9.17, 15) is 4.39 Å². The Morgan fingerprint density at radius 3 is 2.70 bits per heavy atom. The fraction of sp³-hybridized carbons (Fsp3) is 0.333. The van der Waals surface area contributed by atoms with Gasteiger partial charge in [0.2, 0.25) is 12.3 Å². The Morgan fingerprint density at radius 1 is 1.60 bits per heavy atom. The van der Waals surface area contributed by atoms with E-state index in [2.05, 4.69) is 16.3 Å². The number of hydrogen-bond acceptors (Lipinski definition) is 3. The molecular weight excluding hydrogens is 133 g/mol. The topological polar surface area (TPSA) is 29.0 Å². The maximum Gasteiger partial charge on any atom is 0.240 e. The normalized spacial score (nSPS) is 9.50. The highest BCUT2D eigenvalue weighted by Crippen LogP contribution is 2.10. The second-order valence-electron chi connectivity index (χ2n) is 2.04. The van der Waals surface area contributed by atoms with Crippen LogP contribution in [0.1, 0.15) is 0 Å². The summed E-state index contributed by atoms with van der Waals surface area (Å²) < 4.78 is 12.6. The van der Waals surface area contributed by atoms with Gasteiger partial charge in [0.25, 0.3) is 0 Å². The van der Waals surface area contributed by atoms with E-state index in [1.807, 2.05) is 0 Å². The van der Waals surface area contributed by atoms with E-state index in [0.717, 1.165) is 0 Å². The fourth-order valence-corrected chi connectivity index (χ4v) is 0.573. The average molecular weight is 140 g/mol. The Hall–Kier alpha value is -1.19. The minimum atomic E-state index is -0.542. The number of anilines is 1. The molecule has 1 heterocycles. The summed E-state index contributed by atoms with van der Waals surface area (Å²) in [7, 11) is 3.45. The van der Waals surface area contributed by atoms with Crippen LogP contribution >= 0.6 is 0 Å². The zero-order valence-electron chi connectivity index (χ0n) is 5.80. The van der Waals surface area contributed by atoms with Gasteiger partial charge in [-0.3, -0.25) is 0 Å². The first-order chi connectivity index (χ1) is 4.72. The number of halogens is 1. The van der Waals surface area contributed by atoms with Gasteiger partial charge in [-0.2, -0.15) is 9.37 Å². The van der Waals surface area contributed by atoms with Crippen molar-refractivity contribution in [2.75, 3.05) is 19.0 Å². The Labute approximate surface area is 58.5 Å². The molecule has 53 valence electrons. The first-order valence-corrected chi connectivity index (χ1v) is 2.77. The molecule has 4 heteroatoms. The lowest BCUT2D eigenvalue weighted by atomic mass is 10.5. The molecule has 0 aromatic carbocycles. The summed E-state index contributed by atoms with van der Waals surface area (Å²) in [5.41, 5.74) is 0.374. The van der Waals surface area contributed by atoms with Crippen LogP contribution in [0.2, 0.25) is 0 Å². The second kappa shape index (κ2) is 2.60. The molecule has 0 N–H and O–H groups in total. The van der Waals surface area contributed by atoms with Crippen LogP contribution in [0, 0.1) is 12.3 Å². The van der Waals surface area contributed by atoms with Crippen LogP contribution in [0.25, 0.3) is 0 Å². The Bertz CT molecular complexity index is 224. The third kappa shape index (κ3) is 1.21. The highest BCUT2D eigenvalue weighted by atomic mass is 19.1. The molecule has 0 saturated heterocycles. The van der Waals surface area contributed by atoms with Crippen LogP contribution in [-0.4, -0.2) is 24.1 Å². The van der Waals surface area contributed by atoms with E-state index in [-0.39, 0.29) is 0 Å². The molecular formula is C6H7FN3. The number of aromatic nitrogens is 2. The van der Waals surface area contributed by atoms with E-state index in [4.69, 9.17) is 0 Å². The molecule has 0 aliphatic heterocycles. The molecule has 10 heavy (non-hydrogen) atoms. The highest BCUT2D eigenvalue weighted by molar-refractivity contribution is 5.40. The molecule has 0 amide bonds. The second-order valence-corrected chi connectivity index (χ2v) is 2.04. The van der Waals surface area contributed by atoms with Gasteiger partial charge in [-0.25, -0.2) is 4.98 Å². The summed E-state index contributed by atoms with van der Waals surface area (Å²) in [4.78, 5) is 8.41. The van der Waals surface area contributed by atoms with E-state index in [1.165, 1.54) is 6.20 Å². The third-order valence-electron chi connectivity index (χ3n) is 1.09. The van der Waals surface area contributed by atoms with Gasteiger partial charge in [-0.1, -0.05) is 0 Å². The number of hydrogen-bond donors (Lipinski definition) is 0. The zero-order valence-corrected chi connectivity index (χ0v) is 5.80. The molecule has 0 fully saturated rings. The molecule has 0 aliphatic rings. The summed E-state index contributed by atoms with van der Waals surface area (Å²) in [5, 5.41) is 0. The maximum atomic E-state index is 12.6. The molecule has 0 bridgehead atoms. The molecule has 0 aliphatic carbocycles. The summed E-state index contributed by atoms with van der Waals surface area (Å²) in [6.07, 6.45) is 3.53. The first-order valence-electron chi connectivity index (χ1n) is 2.77. The largest absolute Gasteiger partial charge is 0.373 e. The molecule has 0 atom stereocenters. The van der Waals surface area contributed by atoms with Crippen molar-refractivity contribution in [2.24, 2.45) is 0 Å². The van der Waals surface area contributed by atoms with Crippen LogP contribution in [0.15, 0.2) is 6.20 Å². The molecule has 1 radical (unpaired) electrons. The molecule has 1 rings (SSSR count). The Kier molecular flexibility index (Phi) is 1.80. The summed E-state index contributed by atoms with van der Waals surface area (Å²) in [5.74, 6) is -0.542. The van der Waals surface area contributed by atoms with E-state index >= 15 is 0 Å². The quantitative estimate of drug-likeness (QED) is 0.531. The van der Waals surface area contributed by atoms with Gasteiger partial charge in [-0.15, -0.1) is 0 Å². The molecule has 0 unspecified atom stereocenters. The van der Waals surface area contributed by atoms with E-state index in [1.54, 1.807) is 19.0 Å². The predicted octanol–water partition coefficient (Wildman–Crippen LogP) is 0.482. The highest BCUT2D eigenvalue weighted by Gasteiger charge is 2.02. The monoisotopic (exact) mass is 140 g/mol.